The maximum Gasteiger partial charge on any atom is 0.240 e. The van der Waals surface area contributed by atoms with Crippen molar-refractivity contribution in [3.8, 4) is 0 Å². The molecule has 0 saturated carbocycles. The number of para-hydroxylation sites is 1. The molecule has 4 aromatic rings. The van der Waals surface area contributed by atoms with Crippen molar-refractivity contribution in [1.29, 1.82) is 0 Å². The van der Waals surface area contributed by atoms with Crippen molar-refractivity contribution in [2.75, 3.05) is 0 Å². The lowest BCUT2D eigenvalue weighted by atomic mass is 10.1. The lowest BCUT2D eigenvalue weighted by Gasteiger charge is -2.15. The molecule has 0 fully saturated rings. The number of nitrogens with one attached hydrogen (secondary N) is 1. The molecule has 2 heterocycles. The number of carbonyl (C=O) groups excluding carboxylic acids is 2. The molecule has 4 rings (SSSR count). The van der Waals surface area contributed by atoms with Gasteiger partial charge in [-0.2, -0.15) is 0 Å². The van der Waals surface area contributed by atoms with Gasteiger partial charge in [-0.3, -0.25) is 9.59 Å². The van der Waals surface area contributed by atoms with Crippen LogP contribution in [0.25, 0.3) is 10.9 Å². The fourth-order valence-corrected chi connectivity index (χ4v) is 3.37. The summed E-state index contributed by atoms with van der Waals surface area (Å²) >= 11 is 0. The number of benzene rings is 2. The molecule has 0 radical (unpaired) electrons. The molecule has 1 unspecified atom stereocenters. The minimum atomic E-state index is -0.196. The van der Waals surface area contributed by atoms with Crippen LogP contribution in [0, 0.1) is 0 Å². The molecule has 0 bridgehead atoms. The summed E-state index contributed by atoms with van der Waals surface area (Å²) in [5, 5.41) is 3.81. The Morgan fingerprint density at radius 3 is 2.50 bits per heavy atom. The van der Waals surface area contributed by atoms with E-state index in [0.29, 0.717) is 5.56 Å². The van der Waals surface area contributed by atoms with E-state index >= 15 is 0 Å². The molecule has 28 heavy (non-hydrogen) atoms. The maximum atomic E-state index is 12.8. The molecule has 0 aliphatic carbocycles. The van der Waals surface area contributed by atoms with Crippen LogP contribution in [0.2, 0.25) is 0 Å². The van der Waals surface area contributed by atoms with Crippen molar-refractivity contribution in [2.45, 2.75) is 19.5 Å². The topological polar surface area (TPSA) is 64.2 Å². The van der Waals surface area contributed by atoms with Crippen molar-refractivity contribution >= 4 is 22.6 Å². The molecule has 1 atom stereocenters. The summed E-state index contributed by atoms with van der Waals surface area (Å²) in [6.45, 7) is 2.08. The SMILES string of the molecule is CC(NC(=O)Cn1cc(C(=O)c2ccco2)c2ccccc21)c1ccccc1. The largest absolute Gasteiger partial charge is 0.461 e. The van der Waals surface area contributed by atoms with Gasteiger partial charge in [0.05, 0.1) is 17.9 Å². The minimum Gasteiger partial charge on any atom is -0.461 e. The molecule has 2 aromatic carbocycles. The fraction of sp³-hybridized carbons (Fsp3) is 0.130. The summed E-state index contributed by atoms with van der Waals surface area (Å²) in [5.74, 6) is -0.0304. The molecule has 1 N–H and O–H groups in total. The zero-order valence-corrected chi connectivity index (χ0v) is 15.5. The molecule has 140 valence electrons. The average molecular weight is 372 g/mol. The number of ketones is 1. The van der Waals surface area contributed by atoms with Crippen molar-refractivity contribution < 1.29 is 14.0 Å². The first kappa shape index (κ1) is 17.8. The number of aromatic nitrogens is 1. The van der Waals surface area contributed by atoms with Crippen LogP contribution in [-0.2, 0) is 11.3 Å². The van der Waals surface area contributed by atoms with Gasteiger partial charge in [-0.25, -0.2) is 0 Å². The van der Waals surface area contributed by atoms with Crippen LogP contribution >= 0.6 is 0 Å². The summed E-state index contributed by atoms with van der Waals surface area (Å²) in [5.41, 5.74) is 2.40. The van der Waals surface area contributed by atoms with Gasteiger partial charge in [0.25, 0.3) is 0 Å². The highest BCUT2D eigenvalue weighted by molar-refractivity contribution is 6.15. The number of furan rings is 1. The van der Waals surface area contributed by atoms with Crippen LogP contribution in [0.1, 0.15) is 34.6 Å². The molecule has 0 aliphatic rings. The highest BCUT2D eigenvalue weighted by atomic mass is 16.3. The number of amides is 1. The van der Waals surface area contributed by atoms with E-state index in [1.165, 1.54) is 6.26 Å². The van der Waals surface area contributed by atoms with Crippen LogP contribution in [0.3, 0.4) is 0 Å². The highest BCUT2D eigenvalue weighted by Gasteiger charge is 2.19. The number of rotatable bonds is 6. The van der Waals surface area contributed by atoms with Crippen LogP contribution in [0.5, 0.6) is 0 Å². The van der Waals surface area contributed by atoms with Crippen molar-refractivity contribution in [1.82, 2.24) is 9.88 Å². The van der Waals surface area contributed by atoms with Crippen LogP contribution in [0.15, 0.2) is 83.6 Å². The van der Waals surface area contributed by atoms with E-state index < -0.39 is 0 Å². The summed E-state index contributed by atoms with van der Waals surface area (Å²) < 4.78 is 7.06. The molecular formula is C23H20N2O3. The monoisotopic (exact) mass is 372 g/mol. The second-order valence-corrected chi connectivity index (χ2v) is 6.69. The molecule has 0 saturated heterocycles. The molecule has 0 aliphatic heterocycles. The molecule has 5 nitrogen and oxygen atoms in total. The normalized spacial score (nSPS) is 12.0. The second kappa shape index (κ2) is 7.56. The Bertz CT molecular complexity index is 1110. The van der Waals surface area contributed by atoms with Gasteiger partial charge in [0, 0.05) is 17.1 Å². The van der Waals surface area contributed by atoms with Gasteiger partial charge >= 0.3 is 0 Å². The Hall–Kier alpha value is -3.60. The van der Waals surface area contributed by atoms with Crippen LogP contribution in [-0.4, -0.2) is 16.3 Å². The lowest BCUT2D eigenvalue weighted by molar-refractivity contribution is -0.122. The molecule has 2 aromatic heterocycles. The summed E-state index contributed by atoms with van der Waals surface area (Å²) in [6.07, 6.45) is 3.20. The lowest BCUT2D eigenvalue weighted by Crippen LogP contribution is -2.29. The van der Waals surface area contributed by atoms with Crippen LogP contribution < -0.4 is 5.32 Å². The van der Waals surface area contributed by atoms with E-state index in [0.717, 1.165) is 16.5 Å². The van der Waals surface area contributed by atoms with Gasteiger partial charge in [-0.1, -0.05) is 48.5 Å². The number of hydrogen-bond donors (Lipinski definition) is 1. The first-order chi connectivity index (χ1) is 13.6. The van der Waals surface area contributed by atoms with E-state index in [-0.39, 0.29) is 30.0 Å². The molecule has 1 amide bonds. The fourth-order valence-electron chi connectivity index (χ4n) is 3.37. The Labute approximate surface area is 162 Å². The van der Waals surface area contributed by atoms with Crippen molar-refractivity contribution in [2.24, 2.45) is 0 Å². The van der Waals surface area contributed by atoms with Gasteiger partial charge in [0.2, 0.25) is 11.7 Å². The molecule has 0 spiro atoms. The van der Waals surface area contributed by atoms with E-state index in [4.69, 9.17) is 4.42 Å². The van der Waals surface area contributed by atoms with Gasteiger partial charge < -0.3 is 14.3 Å². The smallest absolute Gasteiger partial charge is 0.240 e. The molecule has 5 heteroatoms. The van der Waals surface area contributed by atoms with E-state index in [1.54, 1.807) is 22.9 Å². The zero-order valence-electron chi connectivity index (χ0n) is 15.5. The van der Waals surface area contributed by atoms with Gasteiger partial charge in [-0.05, 0) is 30.7 Å². The van der Waals surface area contributed by atoms with Crippen LogP contribution in [0.4, 0.5) is 0 Å². The van der Waals surface area contributed by atoms with E-state index in [9.17, 15) is 9.59 Å². The third-order valence-electron chi connectivity index (χ3n) is 4.77. The van der Waals surface area contributed by atoms with E-state index in [1.807, 2.05) is 61.5 Å². The van der Waals surface area contributed by atoms with Crippen molar-refractivity contribution in [3.05, 3.63) is 96.1 Å². The number of nitrogens with zero attached hydrogens (tertiary/aromatic N) is 1. The third kappa shape index (κ3) is 3.47. The summed E-state index contributed by atoms with van der Waals surface area (Å²) in [6, 6.07) is 20.6. The Morgan fingerprint density at radius 1 is 1.00 bits per heavy atom. The second-order valence-electron chi connectivity index (χ2n) is 6.69. The first-order valence-corrected chi connectivity index (χ1v) is 9.14. The number of carbonyl (C=O) groups is 2. The van der Waals surface area contributed by atoms with Gasteiger partial charge in [-0.15, -0.1) is 0 Å². The van der Waals surface area contributed by atoms with Gasteiger partial charge in [0.15, 0.2) is 5.76 Å². The zero-order chi connectivity index (χ0) is 19.5. The summed E-state index contributed by atoms with van der Waals surface area (Å²) in [4.78, 5) is 25.4. The first-order valence-electron chi connectivity index (χ1n) is 9.14. The number of fused-ring (bicyclic) bond motifs is 1. The third-order valence-corrected chi connectivity index (χ3v) is 4.77. The number of hydrogen-bond acceptors (Lipinski definition) is 3. The Morgan fingerprint density at radius 2 is 1.75 bits per heavy atom. The average Bonchev–Trinajstić information content (AvgIpc) is 3.37. The quantitative estimate of drug-likeness (QED) is 0.512. The predicted octanol–water partition coefficient (Wildman–Crippen LogP) is 4.34. The Balaban J connectivity index is 1.59. The standard InChI is InChI=1S/C23H20N2O3/c1-16(17-8-3-2-4-9-17)24-22(26)15-25-14-19(18-10-5-6-11-20(18)25)23(27)21-12-7-13-28-21/h2-14,16H,15H2,1H3,(H,24,26). The minimum absolute atomic E-state index is 0.0975. The molecular weight excluding hydrogens is 352 g/mol. The van der Waals surface area contributed by atoms with E-state index in [2.05, 4.69) is 5.32 Å². The predicted molar refractivity (Wildman–Crippen MR) is 107 cm³/mol. The van der Waals surface area contributed by atoms with Crippen molar-refractivity contribution in [3.63, 3.8) is 0 Å². The maximum absolute atomic E-state index is 12.8. The Kier molecular flexibility index (Phi) is 4.81. The summed E-state index contributed by atoms with van der Waals surface area (Å²) in [7, 11) is 0. The highest BCUT2D eigenvalue weighted by Crippen LogP contribution is 2.24. The van der Waals surface area contributed by atoms with Gasteiger partial charge in [0.1, 0.15) is 6.54 Å².